The van der Waals surface area contributed by atoms with E-state index in [4.69, 9.17) is 4.74 Å². The highest BCUT2D eigenvalue weighted by Crippen LogP contribution is 2.12. The number of hydrogen-bond donors (Lipinski definition) is 1. The van der Waals surface area contributed by atoms with Gasteiger partial charge in [-0.25, -0.2) is 4.79 Å². The molecule has 2 aliphatic heterocycles. The van der Waals surface area contributed by atoms with Crippen molar-refractivity contribution in [2.75, 3.05) is 58.9 Å². The number of nitrogens with one attached hydrogen (secondary N) is 1. The van der Waals surface area contributed by atoms with Crippen molar-refractivity contribution in [2.45, 2.75) is 39.3 Å². The Labute approximate surface area is 134 Å². The van der Waals surface area contributed by atoms with Crippen LogP contribution in [-0.4, -0.2) is 91.3 Å². The summed E-state index contributed by atoms with van der Waals surface area (Å²) in [6.07, 6.45) is -0.178. The molecule has 2 rings (SSSR count). The number of amides is 1. The third-order valence-corrected chi connectivity index (χ3v) is 4.37. The summed E-state index contributed by atoms with van der Waals surface area (Å²) in [4.78, 5) is 18.9. The molecule has 128 valence electrons. The Morgan fingerprint density at radius 2 is 1.82 bits per heavy atom. The standard InChI is InChI=1S/C16H32N4O2/c1-14-13-17-5-6-19(14)10-7-18-8-11-20(12-9-18)15(21)22-16(2,3)4/h14,17H,5-13H2,1-4H3. The van der Waals surface area contributed by atoms with E-state index in [1.807, 2.05) is 25.7 Å². The minimum absolute atomic E-state index is 0.178. The van der Waals surface area contributed by atoms with Crippen molar-refractivity contribution in [2.24, 2.45) is 0 Å². The Hall–Kier alpha value is -0.850. The minimum Gasteiger partial charge on any atom is -0.444 e. The molecule has 0 aromatic rings. The Morgan fingerprint density at radius 3 is 2.41 bits per heavy atom. The third kappa shape index (κ3) is 5.41. The molecule has 1 N–H and O–H groups in total. The maximum absolute atomic E-state index is 12.0. The monoisotopic (exact) mass is 312 g/mol. The number of ether oxygens (including phenoxy) is 1. The van der Waals surface area contributed by atoms with Crippen molar-refractivity contribution in [1.82, 2.24) is 20.0 Å². The molecule has 2 fully saturated rings. The SMILES string of the molecule is CC1CNCCN1CCN1CCN(C(=O)OC(C)(C)C)CC1. The van der Waals surface area contributed by atoms with E-state index >= 15 is 0 Å². The first kappa shape index (κ1) is 17.5. The summed E-state index contributed by atoms with van der Waals surface area (Å²) in [5.74, 6) is 0. The average molecular weight is 312 g/mol. The van der Waals surface area contributed by atoms with Gasteiger partial charge in [0.25, 0.3) is 0 Å². The van der Waals surface area contributed by atoms with Gasteiger partial charge in [-0.05, 0) is 27.7 Å². The van der Waals surface area contributed by atoms with Crippen LogP contribution < -0.4 is 5.32 Å². The quantitative estimate of drug-likeness (QED) is 0.836. The van der Waals surface area contributed by atoms with Crippen LogP contribution in [0.5, 0.6) is 0 Å². The molecule has 6 heteroatoms. The van der Waals surface area contributed by atoms with Crippen molar-refractivity contribution in [1.29, 1.82) is 0 Å². The summed E-state index contributed by atoms with van der Waals surface area (Å²) in [6.45, 7) is 17.0. The van der Waals surface area contributed by atoms with Crippen LogP contribution in [-0.2, 0) is 4.74 Å². The average Bonchev–Trinajstić information content (AvgIpc) is 2.45. The van der Waals surface area contributed by atoms with Crippen LogP contribution in [0.4, 0.5) is 4.79 Å². The van der Waals surface area contributed by atoms with Gasteiger partial charge in [-0.3, -0.25) is 9.80 Å². The van der Waals surface area contributed by atoms with Crippen LogP contribution in [0.2, 0.25) is 0 Å². The van der Waals surface area contributed by atoms with E-state index in [0.29, 0.717) is 6.04 Å². The van der Waals surface area contributed by atoms with Crippen LogP contribution in [0.25, 0.3) is 0 Å². The summed E-state index contributed by atoms with van der Waals surface area (Å²) in [6, 6.07) is 0.622. The molecule has 22 heavy (non-hydrogen) atoms. The van der Waals surface area contributed by atoms with Crippen LogP contribution >= 0.6 is 0 Å². The highest BCUT2D eigenvalue weighted by Gasteiger charge is 2.26. The second kappa shape index (κ2) is 7.62. The number of carbonyl (C=O) groups is 1. The zero-order valence-corrected chi connectivity index (χ0v) is 14.6. The molecule has 6 nitrogen and oxygen atoms in total. The van der Waals surface area contributed by atoms with E-state index in [1.54, 1.807) is 0 Å². The van der Waals surface area contributed by atoms with E-state index in [1.165, 1.54) is 0 Å². The van der Waals surface area contributed by atoms with E-state index in [9.17, 15) is 4.79 Å². The van der Waals surface area contributed by atoms with Crippen molar-refractivity contribution >= 4 is 6.09 Å². The van der Waals surface area contributed by atoms with Crippen molar-refractivity contribution < 1.29 is 9.53 Å². The summed E-state index contributed by atoms with van der Waals surface area (Å²) in [5, 5.41) is 3.43. The predicted octanol–water partition coefficient (Wildman–Crippen LogP) is 0.833. The smallest absolute Gasteiger partial charge is 0.410 e. The predicted molar refractivity (Wildman–Crippen MR) is 88.2 cm³/mol. The molecule has 0 radical (unpaired) electrons. The summed E-state index contributed by atoms with van der Waals surface area (Å²) in [5.41, 5.74) is -0.410. The maximum Gasteiger partial charge on any atom is 0.410 e. The lowest BCUT2D eigenvalue weighted by molar-refractivity contribution is 0.0133. The van der Waals surface area contributed by atoms with E-state index < -0.39 is 5.60 Å². The first-order chi connectivity index (χ1) is 10.3. The number of rotatable bonds is 3. The van der Waals surface area contributed by atoms with Crippen molar-refractivity contribution in [3.63, 3.8) is 0 Å². The van der Waals surface area contributed by atoms with Crippen LogP contribution in [0.15, 0.2) is 0 Å². The first-order valence-electron chi connectivity index (χ1n) is 8.50. The Balaban J connectivity index is 1.67. The molecule has 0 saturated carbocycles. The van der Waals surface area contributed by atoms with Crippen molar-refractivity contribution in [3.05, 3.63) is 0 Å². The Bertz CT molecular complexity index is 362. The van der Waals surface area contributed by atoms with Crippen molar-refractivity contribution in [3.8, 4) is 0 Å². The molecule has 1 atom stereocenters. The number of nitrogens with zero attached hydrogens (tertiary/aromatic N) is 3. The van der Waals surface area contributed by atoms with Gasteiger partial charge in [-0.2, -0.15) is 0 Å². The van der Waals surface area contributed by atoms with Gasteiger partial charge in [0.2, 0.25) is 0 Å². The van der Waals surface area contributed by atoms with Gasteiger partial charge in [0.05, 0.1) is 0 Å². The Morgan fingerprint density at radius 1 is 1.14 bits per heavy atom. The molecule has 0 aromatic carbocycles. The molecule has 2 aliphatic rings. The molecule has 0 spiro atoms. The lowest BCUT2D eigenvalue weighted by atomic mass is 10.2. The first-order valence-corrected chi connectivity index (χ1v) is 8.50. The second-order valence-electron chi connectivity index (χ2n) is 7.40. The molecular weight excluding hydrogens is 280 g/mol. The lowest BCUT2D eigenvalue weighted by Gasteiger charge is -2.38. The Kier molecular flexibility index (Phi) is 6.06. The molecule has 0 aromatic heterocycles. The van der Waals surface area contributed by atoms with Crippen LogP contribution in [0.3, 0.4) is 0 Å². The number of hydrogen-bond acceptors (Lipinski definition) is 5. The van der Waals surface area contributed by atoms with Gasteiger partial charge in [0, 0.05) is 64.9 Å². The maximum atomic E-state index is 12.0. The third-order valence-electron chi connectivity index (χ3n) is 4.37. The van der Waals surface area contributed by atoms with Gasteiger partial charge in [0.1, 0.15) is 5.60 Å². The van der Waals surface area contributed by atoms with Crippen LogP contribution in [0.1, 0.15) is 27.7 Å². The van der Waals surface area contributed by atoms with E-state index in [2.05, 4.69) is 22.0 Å². The molecule has 1 unspecified atom stereocenters. The highest BCUT2D eigenvalue weighted by molar-refractivity contribution is 5.68. The van der Waals surface area contributed by atoms with Gasteiger partial charge in [-0.1, -0.05) is 0 Å². The second-order valence-corrected chi connectivity index (χ2v) is 7.40. The van der Waals surface area contributed by atoms with E-state index in [0.717, 1.165) is 58.9 Å². The fourth-order valence-electron chi connectivity index (χ4n) is 2.97. The summed E-state index contributed by atoms with van der Waals surface area (Å²) < 4.78 is 5.43. The topological polar surface area (TPSA) is 48.0 Å². The molecular formula is C16H32N4O2. The van der Waals surface area contributed by atoms with Gasteiger partial charge in [-0.15, -0.1) is 0 Å². The van der Waals surface area contributed by atoms with Gasteiger partial charge >= 0.3 is 6.09 Å². The zero-order chi connectivity index (χ0) is 16.2. The van der Waals surface area contributed by atoms with Gasteiger partial charge in [0.15, 0.2) is 0 Å². The fourth-order valence-corrected chi connectivity index (χ4v) is 2.97. The van der Waals surface area contributed by atoms with E-state index in [-0.39, 0.29) is 6.09 Å². The normalized spacial score (nSPS) is 25.3. The summed E-state index contributed by atoms with van der Waals surface area (Å²) in [7, 11) is 0. The lowest BCUT2D eigenvalue weighted by Crippen LogP contribution is -2.54. The minimum atomic E-state index is -0.410. The molecule has 0 bridgehead atoms. The number of piperazine rings is 2. The molecule has 2 saturated heterocycles. The zero-order valence-electron chi connectivity index (χ0n) is 14.6. The van der Waals surface area contributed by atoms with Crippen LogP contribution in [0, 0.1) is 0 Å². The molecule has 0 aliphatic carbocycles. The fraction of sp³-hybridized carbons (Fsp3) is 0.938. The highest BCUT2D eigenvalue weighted by atomic mass is 16.6. The molecule has 1 amide bonds. The van der Waals surface area contributed by atoms with Gasteiger partial charge < -0.3 is 15.0 Å². The molecule has 2 heterocycles. The number of carbonyl (C=O) groups excluding carboxylic acids is 1. The summed E-state index contributed by atoms with van der Waals surface area (Å²) >= 11 is 0. The largest absolute Gasteiger partial charge is 0.444 e.